The number of carbonyl (C=O) groups excluding carboxylic acids is 1. The molecule has 1 saturated heterocycles. The summed E-state index contributed by atoms with van der Waals surface area (Å²) in [5, 5.41) is 16.7. The molecule has 1 aliphatic heterocycles. The second-order valence-electron chi connectivity index (χ2n) is 4.76. The molecule has 104 valence electrons. The van der Waals surface area contributed by atoms with Crippen LogP contribution in [-0.2, 0) is 4.79 Å². The first-order valence-corrected chi connectivity index (χ1v) is 7.04. The van der Waals surface area contributed by atoms with Crippen LogP contribution in [0, 0.1) is 0 Å². The number of aromatic amines is 1. The fraction of sp³-hybridized carbons (Fsp3) is 0.308. The Kier molecular flexibility index (Phi) is 3.21. The van der Waals surface area contributed by atoms with Crippen molar-refractivity contribution in [3.8, 4) is 0 Å². The second-order valence-corrected chi connectivity index (χ2v) is 5.67. The van der Waals surface area contributed by atoms with E-state index in [0.717, 1.165) is 9.99 Å². The van der Waals surface area contributed by atoms with Crippen molar-refractivity contribution < 1.29 is 14.7 Å². The molecule has 0 bridgehead atoms. The minimum absolute atomic E-state index is 0.273. The molecule has 1 fully saturated rings. The highest BCUT2D eigenvalue weighted by molar-refractivity contribution is 9.10. The van der Waals surface area contributed by atoms with E-state index in [1.807, 2.05) is 12.1 Å². The number of carboxylic acids is 1. The van der Waals surface area contributed by atoms with Crippen LogP contribution in [0.15, 0.2) is 22.7 Å². The van der Waals surface area contributed by atoms with E-state index in [9.17, 15) is 9.59 Å². The number of amides is 1. The number of aromatic nitrogens is 2. The van der Waals surface area contributed by atoms with Gasteiger partial charge in [-0.3, -0.25) is 9.89 Å². The van der Waals surface area contributed by atoms with Crippen molar-refractivity contribution >= 4 is 38.7 Å². The first-order valence-electron chi connectivity index (χ1n) is 6.25. The molecule has 1 aromatic carbocycles. The molecule has 2 aromatic rings. The van der Waals surface area contributed by atoms with Crippen molar-refractivity contribution in [1.29, 1.82) is 0 Å². The fourth-order valence-corrected chi connectivity index (χ4v) is 2.91. The third-order valence-electron chi connectivity index (χ3n) is 3.53. The minimum Gasteiger partial charge on any atom is -0.480 e. The maximum atomic E-state index is 12.5. The van der Waals surface area contributed by atoms with Gasteiger partial charge in [0.25, 0.3) is 5.91 Å². The molecule has 0 saturated carbocycles. The van der Waals surface area contributed by atoms with Crippen LogP contribution in [0.5, 0.6) is 0 Å². The largest absolute Gasteiger partial charge is 0.480 e. The van der Waals surface area contributed by atoms with Crippen LogP contribution in [0.1, 0.15) is 23.3 Å². The minimum atomic E-state index is -0.961. The number of carbonyl (C=O) groups is 2. The van der Waals surface area contributed by atoms with Crippen molar-refractivity contribution in [2.24, 2.45) is 0 Å². The number of fused-ring (bicyclic) bond motifs is 1. The summed E-state index contributed by atoms with van der Waals surface area (Å²) in [7, 11) is 0. The average molecular weight is 338 g/mol. The van der Waals surface area contributed by atoms with Crippen molar-refractivity contribution in [2.75, 3.05) is 6.54 Å². The summed E-state index contributed by atoms with van der Waals surface area (Å²) in [6.07, 6.45) is 1.20. The summed E-state index contributed by atoms with van der Waals surface area (Å²) in [4.78, 5) is 25.1. The Morgan fingerprint density at radius 3 is 3.00 bits per heavy atom. The Morgan fingerprint density at radius 2 is 2.25 bits per heavy atom. The number of nitrogens with one attached hydrogen (secondary N) is 1. The van der Waals surface area contributed by atoms with Crippen LogP contribution in [-0.4, -0.2) is 44.7 Å². The van der Waals surface area contributed by atoms with E-state index in [1.165, 1.54) is 4.90 Å². The van der Waals surface area contributed by atoms with Gasteiger partial charge < -0.3 is 10.0 Å². The lowest BCUT2D eigenvalue weighted by Crippen LogP contribution is -2.40. The number of hydrogen-bond acceptors (Lipinski definition) is 3. The summed E-state index contributed by atoms with van der Waals surface area (Å²) in [5.74, 6) is -1.30. The molecule has 2 heterocycles. The van der Waals surface area contributed by atoms with Crippen LogP contribution in [0.25, 0.3) is 10.9 Å². The lowest BCUT2D eigenvalue weighted by Gasteiger charge is -2.20. The smallest absolute Gasteiger partial charge is 0.326 e. The first kappa shape index (κ1) is 13.1. The molecule has 1 unspecified atom stereocenters. The molecule has 1 aliphatic rings. The zero-order chi connectivity index (χ0) is 14.3. The molecular formula is C13H12BrN3O3. The van der Waals surface area contributed by atoms with E-state index in [0.29, 0.717) is 24.8 Å². The highest BCUT2D eigenvalue weighted by Gasteiger charge is 2.35. The highest BCUT2D eigenvalue weighted by atomic mass is 79.9. The molecule has 6 nitrogen and oxygen atoms in total. The Hall–Kier alpha value is -1.89. The average Bonchev–Trinajstić information content (AvgIpc) is 3.04. The Bertz CT molecular complexity index is 697. The van der Waals surface area contributed by atoms with Crippen LogP contribution in [0.2, 0.25) is 0 Å². The molecule has 3 rings (SSSR count). The second kappa shape index (κ2) is 4.90. The van der Waals surface area contributed by atoms with Gasteiger partial charge in [-0.15, -0.1) is 0 Å². The van der Waals surface area contributed by atoms with Gasteiger partial charge >= 0.3 is 5.97 Å². The predicted octanol–water partition coefficient (Wildman–Crippen LogP) is 2.01. The van der Waals surface area contributed by atoms with Crippen LogP contribution < -0.4 is 0 Å². The molecule has 7 heteroatoms. The third-order valence-corrected chi connectivity index (χ3v) is 4.02. The van der Waals surface area contributed by atoms with Crippen molar-refractivity contribution in [3.05, 3.63) is 28.4 Å². The van der Waals surface area contributed by atoms with Gasteiger partial charge in [0.1, 0.15) is 6.04 Å². The first-order chi connectivity index (χ1) is 9.58. The summed E-state index contributed by atoms with van der Waals surface area (Å²) in [5.41, 5.74) is 1.03. The van der Waals surface area contributed by atoms with Gasteiger partial charge in [0.15, 0.2) is 5.69 Å². The Morgan fingerprint density at radius 1 is 1.45 bits per heavy atom. The number of aliphatic carboxylic acids is 1. The number of hydrogen-bond donors (Lipinski definition) is 2. The summed E-state index contributed by atoms with van der Waals surface area (Å²) >= 11 is 3.36. The quantitative estimate of drug-likeness (QED) is 0.877. The SMILES string of the molecule is O=C(O)C1CCCN1C(=O)c1n[nH]c2ccc(Br)cc12. The summed E-state index contributed by atoms with van der Waals surface area (Å²) < 4.78 is 0.844. The summed E-state index contributed by atoms with van der Waals surface area (Å²) in [6, 6.07) is 4.73. The molecule has 2 N–H and O–H groups in total. The van der Waals surface area contributed by atoms with Crippen LogP contribution in [0.3, 0.4) is 0 Å². The fourth-order valence-electron chi connectivity index (χ4n) is 2.55. The molecule has 1 amide bonds. The summed E-state index contributed by atoms with van der Waals surface area (Å²) in [6.45, 7) is 0.457. The Balaban J connectivity index is 2.00. The Labute approximate surface area is 122 Å². The number of carboxylic acid groups (broad SMARTS) is 1. The zero-order valence-electron chi connectivity index (χ0n) is 10.5. The van der Waals surface area contributed by atoms with Gasteiger partial charge in [-0.1, -0.05) is 15.9 Å². The number of likely N-dealkylation sites (tertiary alicyclic amines) is 1. The van der Waals surface area contributed by atoms with Crippen molar-refractivity contribution in [3.63, 3.8) is 0 Å². The van der Waals surface area contributed by atoms with E-state index in [4.69, 9.17) is 5.11 Å². The van der Waals surface area contributed by atoms with Gasteiger partial charge in [-0.2, -0.15) is 5.10 Å². The molecule has 1 atom stereocenters. The number of rotatable bonds is 2. The third kappa shape index (κ3) is 2.07. The van der Waals surface area contributed by atoms with Gasteiger partial charge in [0.05, 0.1) is 5.52 Å². The number of nitrogens with zero attached hydrogens (tertiary/aromatic N) is 2. The topological polar surface area (TPSA) is 86.3 Å². The lowest BCUT2D eigenvalue weighted by molar-refractivity contribution is -0.141. The molecule has 20 heavy (non-hydrogen) atoms. The molecule has 1 aromatic heterocycles. The van der Waals surface area contributed by atoms with E-state index < -0.39 is 12.0 Å². The van der Waals surface area contributed by atoms with Gasteiger partial charge in [0, 0.05) is 16.4 Å². The maximum absolute atomic E-state index is 12.5. The van der Waals surface area contributed by atoms with Gasteiger partial charge in [-0.05, 0) is 31.0 Å². The van der Waals surface area contributed by atoms with E-state index in [2.05, 4.69) is 26.1 Å². The molecule has 0 spiro atoms. The van der Waals surface area contributed by atoms with E-state index in [-0.39, 0.29) is 11.6 Å². The van der Waals surface area contributed by atoms with Crippen molar-refractivity contribution in [2.45, 2.75) is 18.9 Å². The van der Waals surface area contributed by atoms with E-state index >= 15 is 0 Å². The monoisotopic (exact) mass is 337 g/mol. The normalized spacial score (nSPS) is 18.6. The van der Waals surface area contributed by atoms with Crippen LogP contribution >= 0.6 is 15.9 Å². The maximum Gasteiger partial charge on any atom is 0.326 e. The van der Waals surface area contributed by atoms with Gasteiger partial charge in [-0.25, -0.2) is 4.79 Å². The standard InChI is InChI=1S/C13H12BrN3O3/c14-7-3-4-9-8(6-7)11(16-15-9)12(18)17-5-1-2-10(17)13(19)20/h3-4,6,10H,1-2,5H2,(H,15,16)(H,19,20). The molecule has 0 radical (unpaired) electrons. The predicted molar refractivity (Wildman–Crippen MR) is 75.5 cm³/mol. The van der Waals surface area contributed by atoms with Gasteiger partial charge in [0.2, 0.25) is 0 Å². The molecule has 0 aliphatic carbocycles. The highest BCUT2D eigenvalue weighted by Crippen LogP contribution is 2.25. The van der Waals surface area contributed by atoms with E-state index in [1.54, 1.807) is 6.07 Å². The zero-order valence-corrected chi connectivity index (χ0v) is 12.1. The number of H-pyrrole nitrogens is 1. The molecular weight excluding hydrogens is 326 g/mol. The van der Waals surface area contributed by atoms with Crippen LogP contribution in [0.4, 0.5) is 0 Å². The number of benzene rings is 1. The van der Waals surface area contributed by atoms with Crippen molar-refractivity contribution in [1.82, 2.24) is 15.1 Å². The lowest BCUT2D eigenvalue weighted by atomic mass is 10.2. The number of halogens is 1.